The van der Waals surface area contributed by atoms with Crippen molar-refractivity contribution in [1.29, 1.82) is 0 Å². The van der Waals surface area contributed by atoms with E-state index in [2.05, 4.69) is 36.1 Å². The molecule has 0 radical (unpaired) electrons. The molecule has 0 saturated heterocycles. The molecule has 1 saturated carbocycles. The van der Waals surface area contributed by atoms with Crippen LogP contribution in [-0.2, 0) is 16.8 Å². The highest BCUT2D eigenvalue weighted by Crippen LogP contribution is 2.32. The summed E-state index contributed by atoms with van der Waals surface area (Å²) >= 11 is 0. The Morgan fingerprint density at radius 3 is 2.63 bits per heavy atom. The van der Waals surface area contributed by atoms with Gasteiger partial charge >= 0.3 is 0 Å². The fourth-order valence-electron chi connectivity index (χ4n) is 1.96. The quantitative estimate of drug-likeness (QED) is 0.856. The fourth-order valence-corrected chi connectivity index (χ4v) is 1.96. The average molecular weight is 263 g/mol. The summed E-state index contributed by atoms with van der Waals surface area (Å²) < 4.78 is 5.19. The lowest BCUT2D eigenvalue weighted by Gasteiger charge is -2.19. The van der Waals surface area contributed by atoms with Crippen LogP contribution in [0.4, 0.5) is 5.82 Å². The van der Waals surface area contributed by atoms with Crippen LogP contribution in [0.1, 0.15) is 51.6 Å². The zero-order valence-electron chi connectivity index (χ0n) is 12.5. The summed E-state index contributed by atoms with van der Waals surface area (Å²) in [5.74, 6) is 2.73. The summed E-state index contributed by atoms with van der Waals surface area (Å²) in [5, 5.41) is 3.42. The maximum absolute atomic E-state index is 5.19. The maximum Gasteiger partial charge on any atom is 0.136 e. The molecule has 1 aromatic rings. The van der Waals surface area contributed by atoms with Crippen LogP contribution in [0.25, 0.3) is 0 Å². The second kappa shape index (κ2) is 5.87. The summed E-state index contributed by atoms with van der Waals surface area (Å²) in [6.07, 6.45) is 4.04. The molecule has 1 N–H and O–H groups in total. The normalized spacial score (nSPS) is 15.6. The van der Waals surface area contributed by atoms with E-state index in [-0.39, 0.29) is 5.41 Å². The number of nitrogens with one attached hydrogen (secondary N) is 1. The first-order valence-corrected chi connectivity index (χ1v) is 7.10. The summed E-state index contributed by atoms with van der Waals surface area (Å²) in [7, 11) is 1.69. The van der Waals surface area contributed by atoms with Crippen LogP contribution >= 0.6 is 0 Å². The van der Waals surface area contributed by atoms with Crippen LogP contribution in [-0.4, -0.2) is 23.6 Å². The van der Waals surface area contributed by atoms with Gasteiger partial charge in [0.1, 0.15) is 11.6 Å². The van der Waals surface area contributed by atoms with Crippen molar-refractivity contribution in [2.45, 2.75) is 52.1 Å². The predicted molar refractivity (Wildman–Crippen MR) is 77.3 cm³/mol. The molecule has 2 rings (SSSR count). The van der Waals surface area contributed by atoms with E-state index in [9.17, 15) is 0 Å². The molecule has 106 valence electrons. The van der Waals surface area contributed by atoms with Crippen LogP contribution in [0.3, 0.4) is 0 Å². The Balaban J connectivity index is 2.08. The van der Waals surface area contributed by atoms with Gasteiger partial charge in [-0.15, -0.1) is 0 Å². The van der Waals surface area contributed by atoms with Gasteiger partial charge < -0.3 is 10.1 Å². The Labute approximate surface area is 116 Å². The van der Waals surface area contributed by atoms with Gasteiger partial charge in [-0.05, 0) is 12.3 Å². The molecule has 0 aromatic carbocycles. The highest BCUT2D eigenvalue weighted by Gasteiger charge is 2.21. The number of aromatic nitrogens is 2. The molecule has 0 spiro atoms. The standard InChI is InChI=1S/C15H25N3O/c1-15(2,3)14-17-12(10-19-4)9-13(18-14)16-8-7-11-5-6-11/h9,11H,5-8,10H2,1-4H3,(H,16,17,18). The monoisotopic (exact) mass is 263 g/mol. The number of hydrogen-bond acceptors (Lipinski definition) is 4. The van der Waals surface area contributed by atoms with E-state index < -0.39 is 0 Å². The lowest BCUT2D eigenvalue weighted by molar-refractivity contribution is 0.181. The molecule has 0 amide bonds. The molecular formula is C15H25N3O. The minimum absolute atomic E-state index is 0.0450. The van der Waals surface area contributed by atoms with Gasteiger partial charge in [-0.3, -0.25) is 0 Å². The number of ether oxygens (including phenoxy) is 1. The summed E-state index contributed by atoms with van der Waals surface area (Å²) in [4.78, 5) is 9.20. The van der Waals surface area contributed by atoms with Crippen molar-refractivity contribution in [1.82, 2.24) is 9.97 Å². The minimum Gasteiger partial charge on any atom is -0.378 e. The Hall–Kier alpha value is -1.16. The molecule has 0 atom stereocenters. The summed E-state index contributed by atoms with van der Waals surface area (Å²) in [6.45, 7) is 7.92. The molecule has 1 aliphatic carbocycles. The van der Waals surface area contributed by atoms with E-state index in [0.29, 0.717) is 6.61 Å². The van der Waals surface area contributed by atoms with Gasteiger partial charge in [0.05, 0.1) is 12.3 Å². The topological polar surface area (TPSA) is 47.0 Å². The molecule has 0 aliphatic heterocycles. The van der Waals surface area contributed by atoms with Gasteiger partial charge in [-0.2, -0.15) is 0 Å². The molecule has 1 heterocycles. The molecule has 1 fully saturated rings. The zero-order valence-corrected chi connectivity index (χ0v) is 12.5. The number of methoxy groups -OCH3 is 1. The first-order valence-electron chi connectivity index (χ1n) is 7.10. The second-order valence-electron chi connectivity index (χ2n) is 6.41. The molecule has 1 aliphatic rings. The van der Waals surface area contributed by atoms with Crippen molar-refractivity contribution in [3.63, 3.8) is 0 Å². The largest absolute Gasteiger partial charge is 0.378 e. The third-order valence-corrected chi connectivity index (χ3v) is 3.30. The van der Waals surface area contributed by atoms with Crippen LogP contribution in [0, 0.1) is 5.92 Å². The third kappa shape index (κ3) is 4.46. The van der Waals surface area contributed by atoms with Gasteiger partial charge in [0.25, 0.3) is 0 Å². The van der Waals surface area contributed by atoms with Crippen LogP contribution in [0.2, 0.25) is 0 Å². The van der Waals surface area contributed by atoms with Crippen LogP contribution in [0.5, 0.6) is 0 Å². The second-order valence-corrected chi connectivity index (χ2v) is 6.41. The highest BCUT2D eigenvalue weighted by molar-refractivity contribution is 5.36. The summed E-state index contributed by atoms with van der Waals surface area (Å²) in [6, 6.07) is 1.99. The number of rotatable bonds is 6. The van der Waals surface area contributed by atoms with Gasteiger partial charge in [-0.25, -0.2) is 9.97 Å². The van der Waals surface area contributed by atoms with Crippen LogP contribution in [0.15, 0.2) is 6.07 Å². The lowest BCUT2D eigenvalue weighted by atomic mass is 9.95. The van der Waals surface area contributed by atoms with E-state index in [1.807, 2.05) is 6.07 Å². The van der Waals surface area contributed by atoms with Gasteiger partial charge in [0.2, 0.25) is 0 Å². The highest BCUT2D eigenvalue weighted by atomic mass is 16.5. The molecule has 4 nitrogen and oxygen atoms in total. The molecular weight excluding hydrogens is 238 g/mol. The Kier molecular flexibility index (Phi) is 4.40. The average Bonchev–Trinajstić information content (AvgIpc) is 3.12. The number of anilines is 1. The van der Waals surface area contributed by atoms with E-state index in [4.69, 9.17) is 4.74 Å². The van der Waals surface area contributed by atoms with Crippen molar-refractivity contribution >= 4 is 5.82 Å². The Bertz CT molecular complexity index is 422. The number of nitrogens with zero attached hydrogens (tertiary/aromatic N) is 2. The molecule has 0 bridgehead atoms. The third-order valence-electron chi connectivity index (χ3n) is 3.30. The molecule has 0 unspecified atom stereocenters. The van der Waals surface area contributed by atoms with Crippen molar-refractivity contribution in [3.05, 3.63) is 17.6 Å². The van der Waals surface area contributed by atoms with Crippen molar-refractivity contribution in [2.75, 3.05) is 19.0 Å². The minimum atomic E-state index is -0.0450. The fraction of sp³-hybridized carbons (Fsp3) is 0.733. The van der Waals surface area contributed by atoms with Crippen molar-refractivity contribution in [3.8, 4) is 0 Å². The van der Waals surface area contributed by atoms with Crippen molar-refractivity contribution in [2.24, 2.45) is 5.92 Å². The van der Waals surface area contributed by atoms with Crippen LogP contribution < -0.4 is 5.32 Å². The van der Waals surface area contributed by atoms with Gasteiger partial charge in [0, 0.05) is 25.1 Å². The molecule has 19 heavy (non-hydrogen) atoms. The Morgan fingerprint density at radius 2 is 2.05 bits per heavy atom. The van der Waals surface area contributed by atoms with Gasteiger partial charge in [0.15, 0.2) is 0 Å². The van der Waals surface area contributed by atoms with Crippen molar-refractivity contribution < 1.29 is 4.74 Å². The first kappa shape index (κ1) is 14.3. The maximum atomic E-state index is 5.19. The number of hydrogen-bond donors (Lipinski definition) is 1. The molecule has 4 heteroatoms. The van der Waals surface area contributed by atoms with E-state index in [1.165, 1.54) is 19.3 Å². The Morgan fingerprint density at radius 1 is 1.32 bits per heavy atom. The van der Waals surface area contributed by atoms with E-state index in [0.717, 1.165) is 29.8 Å². The van der Waals surface area contributed by atoms with Gasteiger partial charge in [-0.1, -0.05) is 33.6 Å². The predicted octanol–water partition coefficient (Wildman–Crippen LogP) is 3.13. The first-order chi connectivity index (χ1) is 8.99. The SMILES string of the molecule is COCc1cc(NCCC2CC2)nc(C(C)(C)C)n1. The smallest absolute Gasteiger partial charge is 0.136 e. The summed E-state index contributed by atoms with van der Waals surface area (Å²) in [5.41, 5.74) is 0.896. The lowest BCUT2D eigenvalue weighted by Crippen LogP contribution is -2.19. The molecule has 1 aromatic heterocycles. The zero-order chi connectivity index (χ0) is 13.9. The van der Waals surface area contributed by atoms with E-state index in [1.54, 1.807) is 7.11 Å². The van der Waals surface area contributed by atoms with E-state index >= 15 is 0 Å².